The Kier molecular flexibility index (Phi) is 15.3. The van der Waals surface area contributed by atoms with Crippen molar-refractivity contribution in [3.8, 4) is 0 Å². The average molecular weight is 672 g/mol. The Hall–Kier alpha value is -1.25. The summed E-state index contributed by atoms with van der Waals surface area (Å²) in [6, 6.07) is -4.73. The molecule has 17 atom stereocenters. The van der Waals surface area contributed by atoms with Crippen LogP contribution in [0.2, 0.25) is 0 Å². The number of carbonyl (C=O) groups excluding carboxylic acids is 1. The first-order chi connectivity index (χ1) is 21.7. The number of amides is 1. The van der Waals surface area contributed by atoms with Crippen LogP contribution in [-0.2, 0) is 23.7 Å². The van der Waals surface area contributed by atoms with Crippen molar-refractivity contribution in [1.29, 1.82) is 0 Å². The Bertz CT molecular complexity index is 931. The molecule has 0 aromatic rings. The van der Waals surface area contributed by atoms with Gasteiger partial charge in [0.2, 0.25) is 5.91 Å². The molecule has 270 valence electrons. The number of nitrogens with one attached hydrogen (secondary N) is 2. The molecule has 20 nitrogen and oxygen atoms in total. The molecule has 20 N–H and O–H groups in total. The van der Waals surface area contributed by atoms with E-state index in [2.05, 4.69) is 10.6 Å². The van der Waals surface area contributed by atoms with E-state index < -0.39 is 116 Å². The molecular formula is C26H53N7O13. The summed E-state index contributed by atoms with van der Waals surface area (Å²) in [7, 11) is 0. The molecule has 2 saturated heterocycles. The summed E-state index contributed by atoms with van der Waals surface area (Å²) in [5.74, 6) is -0.838. The maximum atomic E-state index is 12.7. The van der Waals surface area contributed by atoms with Gasteiger partial charge in [-0.15, -0.1) is 0 Å². The van der Waals surface area contributed by atoms with E-state index in [9.17, 15) is 45.6 Å². The van der Waals surface area contributed by atoms with E-state index in [4.69, 9.17) is 47.6 Å². The number of rotatable bonds is 15. The zero-order valence-corrected chi connectivity index (χ0v) is 25.5. The largest absolute Gasteiger partial charge is 0.394 e. The van der Waals surface area contributed by atoms with E-state index in [0.717, 1.165) is 0 Å². The normalized spacial score (nSPS) is 43.2. The highest BCUT2D eigenvalue weighted by Gasteiger charge is 2.52. The SMILES string of the molecule is NCCC(O)CNC[C@H]1O[C@H](O[C@H]2[C@H](O)[C@@H](O[C@H]3O[C@H](CO)[C@@H](O)[C@H](N)[C@H]3O)[C@H](NC(=O)[C@@H](O)CCN)C[C@@H]2N)[C@H](N)[C@@H](O)[C@@H]1O. The maximum Gasteiger partial charge on any atom is 0.249 e. The molecule has 2 heterocycles. The van der Waals surface area contributed by atoms with Crippen LogP contribution < -0.4 is 39.3 Å². The first-order valence-electron chi connectivity index (χ1n) is 15.4. The molecule has 1 unspecified atom stereocenters. The van der Waals surface area contributed by atoms with Crippen molar-refractivity contribution < 1.29 is 64.6 Å². The molecule has 46 heavy (non-hydrogen) atoms. The number of hydrogen-bond acceptors (Lipinski definition) is 19. The second-order valence-corrected chi connectivity index (χ2v) is 12.1. The summed E-state index contributed by atoms with van der Waals surface area (Å²) in [4.78, 5) is 12.7. The molecule has 0 bridgehead atoms. The van der Waals surface area contributed by atoms with Gasteiger partial charge in [0.05, 0.1) is 30.8 Å². The first kappa shape index (κ1) is 39.2. The van der Waals surface area contributed by atoms with Crippen LogP contribution in [-0.4, -0.2) is 183 Å². The molecule has 0 aromatic carbocycles. The minimum Gasteiger partial charge on any atom is -0.394 e. The second-order valence-electron chi connectivity index (χ2n) is 12.1. The number of aliphatic hydroxyl groups is 8. The quantitative estimate of drug-likeness (QED) is 0.0768. The van der Waals surface area contributed by atoms with E-state index in [0.29, 0.717) is 6.42 Å². The van der Waals surface area contributed by atoms with Crippen LogP contribution in [0.5, 0.6) is 0 Å². The number of ether oxygens (including phenoxy) is 4. The molecular weight excluding hydrogens is 618 g/mol. The van der Waals surface area contributed by atoms with Gasteiger partial charge in [0.25, 0.3) is 0 Å². The van der Waals surface area contributed by atoms with Gasteiger partial charge in [0.1, 0.15) is 61.0 Å². The van der Waals surface area contributed by atoms with Gasteiger partial charge >= 0.3 is 0 Å². The zero-order chi connectivity index (χ0) is 34.3. The molecule has 1 amide bonds. The van der Waals surface area contributed by atoms with Crippen LogP contribution in [0.3, 0.4) is 0 Å². The molecule has 0 spiro atoms. The minimum atomic E-state index is -1.70. The highest BCUT2D eigenvalue weighted by atomic mass is 16.7. The lowest BCUT2D eigenvalue weighted by Gasteiger charge is -2.49. The van der Waals surface area contributed by atoms with Crippen molar-refractivity contribution in [3.05, 3.63) is 0 Å². The van der Waals surface area contributed by atoms with Crippen molar-refractivity contribution in [1.82, 2.24) is 10.6 Å². The van der Waals surface area contributed by atoms with E-state index in [1.54, 1.807) is 0 Å². The number of aliphatic hydroxyl groups excluding tert-OH is 8. The predicted octanol–water partition coefficient (Wildman–Crippen LogP) is -9.12. The minimum absolute atomic E-state index is 0.00902. The highest BCUT2D eigenvalue weighted by Crippen LogP contribution is 2.32. The topological polar surface area (TPSA) is 370 Å². The third kappa shape index (κ3) is 9.46. The van der Waals surface area contributed by atoms with Gasteiger partial charge in [-0.3, -0.25) is 4.79 Å². The molecule has 0 aromatic heterocycles. The highest BCUT2D eigenvalue weighted by molar-refractivity contribution is 5.80. The van der Waals surface area contributed by atoms with Crippen LogP contribution in [0, 0.1) is 0 Å². The molecule has 1 saturated carbocycles. The Morgan fingerprint density at radius 2 is 1.43 bits per heavy atom. The summed E-state index contributed by atoms with van der Waals surface area (Å²) >= 11 is 0. The van der Waals surface area contributed by atoms with Crippen LogP contribution in [0.25, 0.3) is 0 Å². The van der Waals surface area contributed by atoms with E-state index >= 15 is 0 Å². The predicted molar refractivity (Wildman–Crippen MR) is 157 cm³/mol. The fraction of sp³-hybridized carbons (Fsp3) is 0.962. The third-order valence-corrected chi connectivity index (χ3v) is 8.58. The Morgan fingerprint density at radius 3 is 2.07 bits per heavy atom. The van der Waals surface area contributed by atoms with Crippen LogP contribution >= 0.6 is 0 Å². The van der Waals surface area contributed by atoms with Crippen LogP contribution in [0.4, 0.5) is 0 Å². The number of carbonyl (C=O) groups is 1. The Balaban J connectivity index is 1.80. The van der Waals surface area contributed by atoms with Crippen LogP contribution in [0.1, 0.15) is 19.3 Å². The maximum absolute atomic E-state index is 12.7. The summed E-state index contributed by atoms with van der Waals surface area (Å²) in [5.41, 5.74) is 29.3. The average Bonchev–Trinajstić information content (AvgIpc) is 3.01. The molecule has 3 fully saturated rings. The summed E-state index contributed by atoms with van der Waals surface area (Å²) in [6.45, 7) is -0.293. The molecule has 3 rings (SSSR count). The number of nitrogens with two attached hydrogens (primary N) is 5. The first-order valence-corrected chi connectivity index (χ1v) is 15.4. The van der Waals surface area contributed by atoms with Crippen LogP contribution in [0.15, 0.2) is 0 Å². The molecule has 1 aliphatic carbocycles. The van der Waals surface area contributed by atoms with Crippen molar-refractivity contribution in [2.75, 3.05) is 32.8 Å². The van der Waals surface area contributed by atoms with E-state index in [1.807, 2.05) is 0 Å². The van der Waals surface area contributed by atoms with Gasteiger partial charge in [-0.05, 0) is 32.4 Å². The molecule has 20 heteroatoms. The van der Waals surface area contributed by atoms with Crippen molar-refractivity contribution in [2.24, 2.45) is 28.7 Å². The zero-order valence-electron chi connectivity index (χ0n) is 25.5. The second kappa shape index (κ2) is 17.9. The lowest BCUT2D eigenvalue weighted by atomic mass is 9.83. The van der Waals surface area contributed by atoms with Gasteiger partial charge in [-0.1, -0.05) is 0 Å². The Morgan fingerprint density at radius 1 is 0.804 bits per heavy atom. The lowest BCUT2D eigenvalue weighted by Crippen LogP contribution is -2.70. The number of hydrogen-bond donors (Lipinski definition) is 15. The molecule has 3 aliphatic rings. The third-order valence-electron chi connectivity index (χ3n) is 8.58. The molecule has 0 radical (unpaired) electrons. The van der Waals surface area contributed by atoms with Gasteiger partial charge in [0, 0.05) is 19.1 Å². The van der Waals surface area contributed by atoms with Gasteiger partial charge in [-0.25, -0.2) is 0 Å². The molecule has 2 aliphatic heterocycles. The van der Waals surface area contributed by atoms with Crippen molar-refractivity contribution in [3.63, 3.8) is 0 Å². The van der Waals surface area contributed by atoms with Gasteiger partial charge < -0.3 is 99.1 Å². The summed E-state index contributed by atoms with van der Waals surface area (Å²) in [6.07, 6.45) is -17.9. The smallest absolute Gasteiger partial charge is 0.249 e. The van der Waals surface area contributed by atoms with Crippen molar-refractivity contribution in [2.45, 2.75) is 123 Å². The van der Waals surface area contributed by atoms with E-state index in [1.165, 1.54) is 0 Å². The van der Waals surface area contributed by atoms with Crippen molar-refractivity contribution >= 4 is 5.91 Å². The van der Waals surface area contributed by atoms with Gasteiger partial charge in [0.15, 0.2) is 12.6 Å². The van der Waals surface area contributed by atoms with E-state index in [-0.39, 0.29) is 39.0 Å². The summed E-state index contributed by atoms with van der Waals surface area (Å²) in [5, 5.41) is 88.8. The fourth-order valence-electron chi connectivity index (χ4n) is 5.77. The monoisotopic (exact) mass is 671 g/mol. The summed E-state index contributed by atoms with van der Waals surface area (Å²) < 4.78 is 23.3. The fourth-order valence-corrected chi connectivity index (χ4v) is 5.77. The lowest BCUT2D eigenvalue weighted by molar-refractivity contribution is -0.320. The standard InChI is InChI=1S/C26H53N7O13/c27-3-1-9(35)6-32-7-13-18(38)19(39)16(31)25(43-13)45-22-10(29)5-11(33-24(42)12(36)2-4-28)23(21(22)41)46-26-20(40)15(30)17(37)14(8-34)44-26/h9-23,25-26,32,34-41H,1-8,27-31H2,(H,33,42)/t9?,10-,11+,12-,13+,14+,15-,16+,17+,18+,19+,20+,21-,22+,23-,25+,26+/m0/s1. The van der Waals surface area contributed by atoms with Gasteiger partial charge in [-0.2, -0.15) is 0 Å². The Labute approximate surface area is 266 Å².